The molecule has 0 spiro atoms. The Balaban J connectivity index is 0.000000160. The van der Waals surface area contributed by atoms with Gasteiger partial charge in [-0.25, -0.2) is 4.98 Å². The molecule has 0 N–H and O–H groups in total. The molecule has 0 fully saturated rings. The van der Waals surface area contributed by atoms with Gasteiger partial charge >= 0.3 is 20.1 Å². The second-order valence-electron chi connectivity index (χ2n) is 10.8. The molecule has 49 heavy (non-hydrogen) atoms. The fourth-order valence-electron chi connectivity index (χ4n) is 4.88. The van der Waals surface area contributed by atoms with Gasteiger partial charge < -0.3 is 19.4 Å². The minimum absolute atomic E-state index is 0. The van der Waals surface area contributed by atoms with Crippen LogP contribution in [0.3, 0.4) is 0 Å². The molecular formula is C43H35IrN4O. The number of fused-ring (bicyclic) bond motifs is 3. The SMILES string of the molecule is CCc1ccc2c(n1)oc1c(-c3ccc(C)cn3)[c-]ccc12.[2H]C([2H])([2H])c1ccc(-c2[c-]cccc2)nc1.[2H]C([2H])([2H])c1ccc(-c2[c-]cccc2)nc1.[Ir+3]. The summed E-state index contributed by atoms with van der Waals surface area (Å²) < 4.78 is 49.4. The van der Waals surface area contributed by atoms with Crippen molar-refractivity contribution < 1.29 is 32.7 Å². The summed E-state index contributed by atoms with van der Waals surface area (Å²) in [6, 6.07) is 42.9. The largest absolute Gasteiger partial charge is 3.00 e. The van der Waals surface area contributed by atoms with Crippen LogP contribution >= 0.6 is 0 Å². The molecule has 3 aromatic carbocycles. The van der Waals surface area contributed by atoms with Crippen molar-refractivity contribution in [3.05, 3.63) is 168 Å². The maximum atomic E-state index is 7.23. The average Bonchev–Trinajstić information content (AvgIpc) is 3.57. The van der Waals surface area contributed by atoms with Crippen molar-refractivity contribution in [3.8, 4) is 33.8 Å². The van der Waals surface area contributed by atoms with E-state index in [1.165, 1.54) is 12.4 Å². The van der Waals surface area contributed by atoms with E-state index in [0.29, 0.717) is 5.71 Å². The van der Waals surface area contributed by atoms with Gasteiger partial charge in [0.1, 0.15) is 0 Å². The first kappa shape index (κ1) is 27.6. The van der Waals surface area contributed by atoms with Crippen LogP contribution in [0.5, 0.6) is 0 Å². The maximum absolute atomic E-state index is 7.23. The monoisotopic (exact) mass is 822 g/mol. The number of pyridine rings is 4. The molecule has 0 unspecified atom stereocenters. The molecule has 0 saturated carbocycles. The van der Waals surface area contributed by atoms with Crippen molar-refractivity contribution in [2.45, 2.75) is 34.0 Å². The summed E-state index contributed by atoms with van der Waals surface area (Å²) >= 11 is 0. The van der Waals surface area contributed by atoms with Gasteiger partial charge in [-0.3, -0.25) is 0 Å². The second kappa shape index (κ2) is 16.7. The fraction of sp³-hybridized carbons (Fsp3) is 0.116. The minimum Gasteiger partial charge on any atom is -0.486 e. The Morgan fingerprint density at radius 3 is 1.71 bits per heavy atom. The molecule has 0 amide bonds. The standard InChI is InChI=1S/C19H15N2O.2C12H10N.Ir/c1-3-13-8-9-15-14-5-4-6-16(18(14)22-19(15)21-13)17-10-7-12(2)11-20-17;2*1-10-7-8-12(13-9-10)11-5-3-2-4-6-11;/h4-5,7-11H,3H2,1-2H3;2*2-5,7-9H,1H3;/q3*-1;+3/i;2*1D3;. The fourth-order valence-corrected chi connectivity index (χ4v) is 4.88. The predicted molar refractivity (Wildman–Crippen MR) is 194 cm³/mol. The second-order valence-corrected chi connectivity index (χ2v) is 10.8. The quantitative estimate of drug-likeness (QED) is 0.166. The summed E-state index contributed by atoms with van der Waals surface area (Å²) in [5, 5.41) is 2.09. The predicted octanol–water partition coefficient (Wildman–Crippen LogP) is 10.4. The van der Waals surface area contributed by atoms with E-state index in [4.69, 9.17) is 12.6 Å². The van der Waals surface area contributed by atoms with E-state index >= 15 is 0 Å². The molecule has 242 valence electrons. The van der Waals surface area contributed by atoms with E-state index in [-0.39, 0.29) is 31.2 Å². The Hall–Kier alpha value is -5.29. The van der Waals surface area contributed by atoms with Gasteiger partial charge in [-0.05, 0) is 73.0 Å². The summed E-state index contributed by atoms with van der Waals surface area (Å²) in [7, 11) is 0. The van der Waals surface area contributed by atoms with Crippen molar-refractivity contribution in [1.29, 1.82) is 0 Å². The van der Waals surface area contributed by atoms with Crippen LogP contribution in [0, 0.1) is 38.8 Å². The van der Waals surface area contributed by atoms with E-state index in [2.05, 4.69) is 57.2 Å². The first-order chi connectivity index (χ1) is 25.9. The number of furan rings is 1. The Morgan fingerprint density at radius 1 is 0.612 bits per heavy atom. The Bertz CT molecular complexity index is 2340. The van der Waals surface area contributed by atoms with Crippen LogP contribution in [0.15, 0.2) is 132 Å². The smallest absolute Gasteiger partial charge is 0.486 e. The van der Waals surface area contributed by atoms with Crippen molar-refractivity contribution in [2.75, 3.05) is 0 Å². The van der Waals surface area contributed by atoms with E-state index in [9.17, 15) is 0 Å². The zero-order valence-corrected chi connectivity index (χ0v) is 29.3. The molecule has 8 aromatic rings. The van der Waals surface area contributed by atoms with E-state index in [1.807, 2.05) is 73.8 Å². The van der Waals surface area contributed by atoms with Gasteiger partial charge in [-0.15, -0.1) is 90.0 Å². The van der Waals surface area contributed by atoms with Gasteiger partial charge in [0.15, 0.2) is 0 Å². The van der Waals surface area contributed by atoms with E-state index in [0.717, 1.165) is 67.8 Å². The van der Waals surface area contributed by atoms with Crippen molar-refractivity contribution in [1.82, 2.24) is 19.9 Å². The first-order valence-electron chi connectivity index (χ1n) is 18.4. The van der Waals surface area contributed by atoms with Crippen LogP contribution in [0.1, 0.15) is 37.5 Å². The van der Waals surface area contributed by atoms with Gasteiger partial charge in [0.05, 0.1) is 5.58 Å². The van der Waals surface area contributed by atoms with Crippen LogP contribution < -0.4 is 0 Å². The van der Waals surface area contributed by atoms with Crippen molar-refractivity contribution in [3.63, 3.8) is 0 Å². The van der Waals surface area contributed by atoms with E-state index < -0.39 is 13.7 Å². The van der Waals surface area contributed by atoms with Gasteiger partial charge in [-0.2, -0.15) is 0 Å². The molecule has 6 heteroatoms. The summed E-state index contributed by atoms with van der Waals surface area (Å²) in [5.41, 5.74) is 9.09. The number of hydrogen-bond acceptors (Lipinski definition) is 5. The molecule has 0 saturated heterocycles. The number of nitrogens with zero attached hydrogens (tertiary/aromatic N) is 4. The van der Waals surface area contributed by atoms with Crippen molar-refractivity contribution in [2.24, 2.45) is 0 Å². The molecule has 0 bridgehead atoms. The van der Waals surface area contributed by atoms with Crippen molar-refractivity contribution >= 4 is 22.1 Å². The minimum atomic E-state index is -2.09. The molecule has 5 heterocycles. The molecule has 0 radical (unpaired) electrons. The third-order valence-electron chi connectivity index (χ3n) is 7.38. The summed E-state index contributed by atoms with van der Waals surface area (Å²) in [6.45, 7) is -0.0669. The number of rotatable bonds is 4. The van der Waals surface area contributed by atoms with Gasteiger partial charge in [-0.1, -0.05) is 54.3 Å². The molecule has 0 atom stereocenters. The number of hydrogen-bond donors (Lipinski definition) is 0. The zero-order chi connectivity index (χ0) is 38.3. The van der Waals surface area contributed by atoms with Crippen LogP contribution in [-0.4, -0.2) is 19.9 Å². The molecule has 0 aliphatic heterocycles. The van der Waals surface area contributed by atoms with Gasteiger partial charge in [0, 0.05) is 37.9 Å². The Labute approximate surface area is 309 Å². The third-order valence-corrected chi connectivity index (χ3v) is 7.38. The average molecular weight is 822 g/mol. The normalized spacial score (nSPS) is 12.7. The molecule has 0 aliphatic carbocycles. The van der Waals surface area contributed by atoms with Gasteiger partial charge in [0.25, 0.3) is 0 Å². The summed E-state index contributed by atoms with van der Waals surface area (Å²) in [6.07, 6.45) is 5.54. The number of aromatic nitrogens is 4. The summed E-state index contributed by atoms with van der Waals surface area (Å²) in [5.74, 6) is 0. The van der Waals surface area contributed by atoms with E-state index in [1.54, 1.807) is 36.4 Å². The molecule has 5 nitrogen and oxygen atoms in total. The third kappa shape index (κ3) is 8.80. The molecule has 8 rings (SSSR count). The molecular weight excluding hydrogens is 781 g/mol. The zero-order valence-electron chi connectivity index (χ0n) is 32.9. The number of benzene rings is 3. The van der Waals surface area contributed by atoms with Crippen LogP contribution in [-0.2, 0) is 26.5 Å². The van der Waals surface area contributed by atoms with Crippen LogP contribution in [0.2, 0.25) is 0 Å². The molecule has 5 aromatic heterocycles. The topological polar surface area (TPSA) is 64.7 Å². The Kier molecular flexibility index (Phi) is 9.42. The summed E-state index contributed by atoms with van der Waals surface area (Å²) in [4.78, 5) is 17.3. The molecule has 0 aliphatic rings. The Morgan fingerprint density at radius 2 is 1.20 bits per heavy atom. The van der Waals surface area contributed by atoms with Gasteiger partial charge in [0.2, 0.25) is 5.71 Å². The maximum Gasteiger partial charge on any atom is 3.00 e. The van der Waals surface area contributed by atoms with Crippen LogP contribution in [0.25, 0.3) is 55.8 Å². The van der Waals surface area contributed by atoms with Crippen LogP contribution in [0.4, 0.5) is 0 Å². The number of aryl methyl sites for hydroxylation is 4. The first-order valence-corrected chi connectivity index (χ1v) is 15.4.